The van der Waals surface area contributed by atoms with Gasteiger partial charge in [-0.1, -0.05) is 44.5 Å². The van der Waals surface area contributed by atoms with Gasteiger partial charge in [-0.3, -0.25) is 0 Å². The van der Waals surface area contributed by atoms with Crippen LogP contribution < -0.4 is 10.1 Å². The van der Waals surface area contributed by atoms with Crippen LogP contribution in [0.4, 0.5) is 11.5 Å². The van der Waals surface area contributed by atoms with Gasteiger partial charge in [-0.15, -0.1) is 11.3 Å². The predicted molar refractivity (Wildman–Crippen MR) is 156 cm³/mol. The molecule has 3 heterocycles. The van der Waals surface area contributed by atoms with Crippen LogP contribution in [0.5, 0.6) is 11.5 Å². The summed E-state index contributed by atoms with van der Waals surface area (Å²) in [6.45, 7) is 7.86. The van der Waals surface area contributed by atoms with Crippen LogP contribution in [-0.2, 0) is 16.7 Å². The van der Waals surface area contributed by atoms with Crippen molar-refractivity contribution in [1.29, 1.82) is 0 Å². The Morgan fingerprint density at radius 2 is 1.95 bits per heavy atom. The maximum absolute atomic E-state index is 8.93. The number of nitrogens with one attached hydrogen (secondary N) is 1. The van der Waals surface area contributed by atoms with Gasteiger partial charge in [0, 0.05) is 34.8 Å². The number of aliphatic hydroxyl groups is 1. The molecule has 2 aromatic carbocycles. The summed E-state index contributed by atoms with van der Waals surface area (Å²) >= 11 is 8.26. The molecule has 0 aliphatic rings. The maximum atomic E-state index is 8.93. The predicted octanol–water partition coefficient (Wildman–Crippen LogP) is 7.05. The van der Waals surface area contributed by atoms with Crippen LogP contribution in [-0.4, -0.2) is 44.4 Å². The average molecular weight is 564 g/mol. The number of hydrogen-bond acceptors (Lipinski definition) is 8. The zero-order valence-corrected chi connectivity index (χ0v) is 23.6. The summed E-state index contributed by atoms with van der Waals surface area (Å²) in [5.74, 6) is 1.88. The van der Waals surface area contributed by atoms with E-state index in [1.807, 2.05) is 59.3 Å². The number of halogens is 1. The van der Waals surface area contributed by atoms with Crippen LogP contribution in [0, 0.1) is 0 Å². The summed E-state index contributed by atoms with van der Waals surface area (Å²) in [6.07, 6.45) is 3.47. The molecule has 10 heteroatoms. The molecule has 3 aromatic heterocycles. The molecule has 0 saturated heterocycles. The Balaban J connectivity index is 1.32. The lowest BCUT2D eigenvalue weighted by Crippen LogP contribution is -2.11. The lowest BCUT2D eigenvalue weighted by molar-refractivity contribution is 0.0875. The Labute approximate surface area is 236 Å². The van der Waals surface area contributed by atoms with Crippen LogP contribution in [0.15, 0.2) is 66.4 Å². The fourth-order valence-corrected chi connectivity index (χ4v) is 5.27. The number of fused-ring (bicyclic) bond motifs is 1. The summed E-state index contributed by atoms with van der Waals surface area (Å²) < 4.78 is 13.6. The minimum atomic E-state index is -0.00161. The van der Waals surface area contributed by atoms with Crippen LogP contribution in [0.25, 0.3) is 21.6 Å². The number of hydrogen-bond donors (Lipinski definition) is 2. The second-order valence-corrected chi connectivity index (χ2v) is 11.3. The van der Waals surface area contributed by atoms with E-state index in [0.29, 0.717) is 42.1 Å². The molecule has 0 aliphatic carbocycles. The van der Waals surface area contributed by atoms with Crippen molar-refractivity contribution in [2.45, 2.75) is 32.7 Å². The molecule has 0 fully saturated rings. The fourth-order valence-electron chi connectivity index (χ4n) is 4.01. The van der Waals surface area contributed by atoms with Gasteiger partial charge in [0.15, 0.2) is 5.82 Å². The van der Waals surface area contributed by atoms with E-state index in [1.54, 1.807) is 11.3 Å². The molecule has 8 nitrogen and oxygen atoms in total. The standard InChI is InChI=1S/C29H30ClN5O3S/c1-29(2,3)25-17-39-28(34-25)19-5-4-6-21(15-19)38-24-8-7-20(16-22(24)30)33-27-26-23(31-18-32-27)9-10-35(26)11-13-37-14-12-36/h4-10,15-18,36H,11-14H2,1-3H3,(H,31,32,33). The number of ether oxygens (including phenoxy) is 2. The third-order valence-electron chi connectivity index (χ3n) is 6.04. The van der Waals surface area contributed by atoms with E-state index in [4.69, 9.17) is 31.2 Å². The number of anilines is 2. The first-order valence-electron chi connectivity index (χ1n) is 12.6. The summed E-state index contributed by atoms with van der Waals surface area (Å²) in [5, 5.41) is 15.8. The number of rotatable bonds is 10. The molecule has 0 atom stereocenters. The SMILES string of the molecule is CC(C)(C)c1csc(-c2cccc(Oc3ccc(Nc4ncnc5ccn(CCOCCO)c45)cc3Cl)c2)n1. The highest BCUT2D eigenvalue weighted by atomic mass is 35.5. The molecule has 0 radical (unpaired) electrons. The summed E-state index contributed by atoms with van der Waals surface area (Å²) in [7, 11) is 0. The van der Waals surface area contributed by atoms with Gasteiger partial charge in [0.25, 0.3) is 0 Å². The number of benzene rings is 2. The molecule has 0 spiro atoms. The van der Waals surface area contributed by atoms with E-state index >= 15 is 0 Å². The fraction of sp³-hybridized carbons (Fsp3) is 0.276. The number of aliphatic hydroxyl groups excluding tert-OH is 1. The van der Waals surface area contributed by atoms with Gasteiger partial charge in [0.2, 0.25) is 0 Å². The molecule has 0 aliphatic heterocycles. The molecule has 39 heavy (non-hydrogen) atoms. The Hall–Kier alpha value is -3.50. The van der Waals surface area contributed by atoms with Gasteiger partial charge < -0.3 is 24.5 Å². The first-order chi connectivity index (χ1) is 18.8. The van der Waals surface area contributed by atoms with Gasteiger partial charge in [0.1, 0.15) is 28.4 Å². The third kappa shape index (κ3) is 6.39. The topological polar surface area (TPSA) is 94.3 Å². The van der Waals surface area contributed by atoms with Crippen LogP contribution in [0.2, 0.25) is 5.02 Å². The average Bonchev–Trinajstić information content (AvgIpc) is 3.57. The summed E-state index contributed by atoms with van der Waals surface area (Å²) in [4.78, 5) is 13.6. The van der Waals surface area contributed by atoms with Crippen LogP contribution >= 0.6 is 22.9 Å². The first-order valence-corrected chi connectivity index (χ1v) is 13.9. The van der Waals surface area contributed by atoms with Crippen molar-refractivity contribution in [1.82, 2.24) is 19.5 Å². The Kier molecular flexibility index (Phi) is 8.13. The number of nitrogens with zero attached hydrogens (tertiary/aromatic N) is 4. The van der Waals surface area contributed by atoms with E-state index in [-0.39, 0.29) is 12.0 Å². The van der Waals surface area contributed by atoms with E-state index in [0.717, 1.165) is 33.0 Å². The van der Waals surface area contributed by atoms with Crippen LogP contribution in [0.3, 0.4) is 0 Å². The Bertz CT molecular complexity index is 1580. The summed E-state index contributed by atoms with van der Waals surface area (Å²) in [6, 6.07) is 15.3. The van der Waals surface area contributed by atoms with Crippen molar-refractivity contribution in [3.05, 3.63) is 77.2 Å². The highest BCUT2D eigenvalue weighted by Crippen LogP contribution is 2.36. The molecular formula is C29H30ClN5O3S. The lowest BCUT2D eigenvalue weighted by atomic mass is 9.93. The molecular weight excluding hydrogens is 534 g/mol. The van der Waals surface area contributed by atoms with E-state index in [1.165, 1.54) is 6.33 Å². The van der Waals surface area contributed by atoms with E-state index < -0.39 is 0 Å². The molecule has 5 aromatic rings. The van der Waals surface area contributed by atoms with Gasteiger partial charge in [-0.2, -0.15) is 0 Å². The minimum absolute atomic E-state index is 0.00153. The highest BCUT2D eigenvalue weighted by molar-refractivity contribution is 7.13. The molecule has 5 rings (SSSR count). The zero-order valence-electron chi connectivity index (χ0n) is 22.0. The summed E-state index contributed by atoms with van der Waals surface area (Å²) in [5.41, 5.74) is 4.51. The van der Waals surface area contributed by atoms with E-state index in [2.05, 4.69) is 41.4 Å². The molecule has 0 saturated carbocycles. The molecule has 0 amide bonds. The smallest absolute Gasteiger partial charge is 0.158 e. The van der Waals surface area contributed by atoms with Gasteiger partial charge in [-0.05, 0) is 36.4 Å². The highest BCUT2D eigenvalue weighted by Gasteiger charge is 2.18. The Morgan fingerprint density at radius 3 is 2.72 bits per heavy atom. The Morgan fingerprint density at radius 1 is 1.08 bits per heavy atom. The second kappa shape index (κ2) is 11.7. The van der Waals surface area contributed by atoms with Gasteiger partial charge in [0.05, 0.1) is 36.1 Å². The van der Waals surface area contributed by atoms with Gasteiger partial charge >= 0.3 is 0 Å². The number of aromatic nitrogens is 4. The van der Waals surface area contributed by atoms with Crippen molar-refractivity contribution < 1.29 is 14.6 Å². The second-order valence-electron chi connectivity index (χ2n) is 9.99. The van der Waals surface area contributed by atoms with E-state index in [9.17, 15) is 0 Å². The zero-order chi connectivity index (χ0) is 27.4. The molecule has 0 unspecified atom stereocenters. The van der Waals surface area contributed by atoms with Crippen molar-refractivity contribution >= 4 is 45.5 Å². The lowest BCUT2D eigenvalue weighted by Gasteiger charge is -2.14. The number of thiazole rings is 1. The molecule has 202 valence electrons. The van der Waals surface area contributed by atoms with Crippen molar-refractivity contribution in [3.8, 4) is 22.1 Å². The minimum Gasteiger partial charge on any atom is -0.456 e. The van der Waals surface area contributed by atoms with Crippen molar-refractivity contribution in [3.63, 3.8) is 0 Å². The molecule has 0 bridgehead atoms. The monoisotopic (exact) mass is 563 g/mol. The van der Waals surface area contributed by atoms with Crippen molar-refractivity contribution in [2.24, 2.45) is 0 Å². The van der Waals surface area contributed by atoms with Gasteiger partial charge in [-0.25, -0.2) is 15.0 Å². The van der Waals surface area contributed by atoms with Crippen molar-refractivity contribution in [2.75, 3.05) is 25.1 Å². The first kappa shape index (κ1) is 27.1. The normalized spacial score (nSPS) is 11.7. The molecule has 2 N–H and O–H groups in total. The quantitative estimate of drug-likeness (QED) is 0.176. The third-order valence-corrected chi connectivity index (χ3v) is 7.23. The largest absolute Gasteiger partial charge is 0.456 e. The maximum Gasteiger partial charge on any atom is 0.158 e. The van der Waals surface area contributed by atoms with Crippen LogP contribution in [0.1, 0.15) is 26.5 Å².